The third-order valence-electron chi connectivity index (χ3n) is 2.75. The number of halogens is 2. The predicted molar refractivity (Wildman–Crippen MR) is 87.1 cm³/mol. The zero-order valence-electron chi connectivity index (χ0n) is 10.7. The minimum absolute atomic E-state index is 0.0242. The van der Waals surface area contributed by atoms with Gasteiger partial charge in [-0.15, -0.1) is 6.58 Å². The topological polar surface area (TPSA) is 49.4 Å². The van der Waals surface area contributed by atoms with Crippen molar-refractivity contribution in [3.8, 4) is 0 Å². The van der Waals surface area contributed by atoms with Gasteiger partial charge in [0.1, 0.15) is 5.57 Å². The number of carbonyl (C=O) groups is 2. The Morgan fingerprint density at radius 3 is 2.62 bits per heavy atom. The van der Waals surface area contributed by atoms with Crippen LogP contribution in [0.1, 0.15) is 5.56 Å². The summed E-state index contributed by atoms with van der Waals surface area (Å²) < 4.78 is 0. The third kappa shape index (κ3) is 3.32. The fraction of sp³-hybridized carbons (Fsp3) is 0.0714. The zero-order valence-corrected chi connectivity index (χ0v) is 13.1. The summed E-state index contributed by atoms with van der Waals surface area (Å²) in [6, 6.07) is 4.82. The van der Waals surface area contributed by atoms with Gasteiger partial charge in [-0.2, -0.15) is 0 Å². The lowest BCUT2D eigenvalue weighted by Crippen LogP contribution is -2.53. The maximum Gasteiger partial charge on any atom is 0.265 e. The lowest BCUT2D eigenvalue weighted by molar-refractivity contribution is -0.128. The van der Waals surface area contributed by atoms with Crippen LogP contribution in [0, 0.1) is 0 Å². The van der Waals surface area contributed by atoms with E-state index in [1.807, 2.05) is 0 Å². The second-order valence-electron chi connectivity index (χ2n) is 4.20. The summed E-state index contributed by atoms with van der Waals surface area (Å²) in [6.07, 6.45) is 2.97. The van der Waals surface area contributed by atoms with E-state index in [0.717, 1.165) is 0 Å². The van der Waals surface area contributed by atoms with Crippen LogP contribution in [0.2, 0.25) is 10.0 Å². The molecule has 1 aliphatic rings. The molecule has 0 saturated carbocycles. The first-order valence-corrected chi connectivity index (χ1v) is 7.05. The van der Waals surface area contributed by atoms with Crippen molar-refractivity contribution in [1.29, 1.82) is 0 Å². The van der Waals surface area contributed by atoms with Crippen LogP contribution < -0.4 is 5.32 Å². The number of amides is 2. The largest absolute Gasteiger partial charge is 0.298 e. The molecule has 1 aromatic rings. The quantitative estimate of drug-likeness (QED) is 0.398. The highest BCUT2D eigenvalue weighted by atomic mass is 35.5. The van der Waals surface area contributed by atoms with E-state index in [4.69, 9.17) is 35.4 Å². The van der Waals surface area contributed by atoms with E-state index in [1.54, 1.807) is 18.2 Å². The highest BCUT2D eigenvalue weighted by Crippen LogP contribution is 2.24. The van der Waals surface area contributed by atoms with Crippen LogP contribution >= 0.6 is 35.4 Å². The van der Waals surface area contributed by atoms with Crippen LogP contribution in [0.5, 0.6) is 0 Å². The normalized spacial score (nSPS) is 17.1. The van der Waals surface area contributed by atoms with E-state index in [9.17, 15) is 9.59 Å². The van der Waals surface area contributed by atoms with E-state index in [2.05, 4.69) is 11.9 Å². The van der Waals surface area contributed by atoms with E-state index < -0.39 is 11.8 Å². The van der Waals surface area contributed by atoms with E-state index in [0.29, 0.717) is 15.6 Å². The summed E-state index contributed by atoms with van der Waals surface area (Å²) in [5.74, 6) is -1.02. The van der Waals surface area contributed by atoms with Crippen LogP contribution in [0.15, 0.2) is 36.4 Å². The third-order valence-corrected chi connectivity index (χ3v) is 3.81. The summed E-state index contributed by atoms with van der Waals surface area (Å²) in [5, 5.41) is 3.27. The van der Waals surface area contributed by atoms with Crippen molar-refractivity contribution in [3.05, 3.63) is 52.0 Å². The molecule has 1 heterocycles. The molecule has 4 nitrogen and oxygen atoms in total. The molecule has 2 rings (SSSR count). The Balaban J connectivity index is 2.40. The van der Waals surface area contributed by atoms with Gasteiger partial charge in [0.05, 0.1) is 10.0 Å². The van der Waals surface area contributed by atoms with Gasteiger partial charge < -0.3 is 0 Å². The van der Waals surface area contributed by atoms with Crippen LogP contribution in [0.4, 0.5) is 0 Å². The highest BCUT2D eigenvalue weighted by Gasteiger charge is 2.32. The molecule has 0 aliphatic carbocycles. The molecule has 108 valence electrons. The Bertz CT molecular complexity index is 686. The molecule has 0 bridgehead atoms. The van der Waals surface area contributed by atoms with Gasteiger partial charge in [-0.25, -0.2) is 0 Å². The van der Waals surface area contributed by atoms with E-state index in [1.165, 1.54) is 17.1 Å². The molecule has 7 heteroatoms. The average molecular weight is 341 g/mol. The van der Waals surface area contributed by atoms with Gasteiger partial charge in [-0.3, -0.25) is 19.8 Å². The standard InChI is InChI=1S/C14H10Cl2N2O2S/c1-2-5-18-13(20)9(12(19)17-14(18)21)6-8-3-4-10(15)11(16)7-8/h2-4,6-7H,1,5H2,(H,17,19,21). The molecule has 21 heavy (non-hydrogen) atoms. The first kappa shape index (κ1) is 15.7. The molecule has 1 aliphatic heterocycles. The second-order valence-corrected chi connectivity index (χ2v) is 5.40. The van der Waals surface area contributed by atoms with E-state index in [-0.39, 0.29) is 17.2 Å². The van der Waals surface area contributed by atoms with Gasteiger partial charge >= 0.3 is 0 Å². The molecule has 1 saturated heterocycles. The van der Waals surface area contributed by atoms with Crippen molar-refractivity contribution in [2.45, 2.75) is 0 Å². The van der Waals surface area contributed by atoms with Crippen molar-refractivity contribution in [2.24, 2.45) is 0 Å². The first-order chi connectivity index (χ1) is 9.93. The first-order valence-electron chi connectivity index (χ1n) is 5.89. The fourth-order valence-corrected chi connectivity index (χ4v) is 2.31. The van der Waals surface area contributed by atoms with Crippen molar-refractivity contribution in [1.82, 2.24) is 10.2 Å². The molecule has 1 aromatic carbocycles. The number of rotatable bonds is 3. The molecule has 0 unspecified atom stereocenters. The summed E-state index contributed by atoms with van der Waals surface area (Å²) in [7, 11) is 0. The van der Waals surface area contributed by atoms with Gasteiger partial charge in [0.25, 0.3) is 11.8 Å². The van der Waals surface area contributed by atoms with E-state index >= 15 is 0 Å². The monoisotopic (exact) mass is 340 g/mol. The number of hydrogen-bond acceptors (Lipinski definition) is 3. The summed E-state index contributed by atoms with van der Waals surface area (Å²) >= 11 is 16.7. The minimum Gasteiger partial charge on any atom is -0.298 e. The number of carbonyl (C=O) groups excluding carboxylic acids is 2. The maximum atomic E-state index is 12.3. The van der Waals surface area contributed by atoms with Crippen molar-refractivity contribution in [2.75, 3.05) is 6.54 Å². The van der Waals surface area contributed by atoms with Crippen LogP contribution in [0.25, 0.3) is 6.08 Å². The molecule has 0 radical (unpaired) electrons. The highest BCUT2D eigenvalue weighted by molar-refractivity contribution is 7.80. The van der Waals surface area contributed by atoms with Crippen molar-refractivity contribution >= 4 is 58.4 Å². The molecule has 1 N–H and O–H groups in total. The Hall–Kier alpha value is -1.69. The van der Waals surface area contributed by atoms with Gasteiger partial charge in [-0.05, 0) is 36.0 Å². The van der Waals surface area contributed by atoms with Crippen molar-refractivity contribution in [3.63, 3.8) is 0 Å². The second kappa shape index (κ2) is 6.39. The SMILES string of the molecule is C=CCN1C(=O)C(=Cc2ccc(Cl)c(Cl)c2)C(=O)NC1=S. The predicted octanol–water partition coefficient (Wildman–Crippen LogP) is 2.81. The van der Waals surface area contributed by atoms with Crippen molar-refractivity contribution < 1.29 is 9.59 Å². The number of nitrogens with one attached hydrogen (secondary N) is 1. The average Bonchev–Trinajstić information content (AvgIpc) is 2.43. The Kier molecular flexibility index (Phi) is 4.77. The molecule has 0 spiro atoms. The minimum atomic E-state index is -0.545. The molecular weight excluding hydrogens is 331 g/mol. The van der Waals surface area contributed by atoms with Gasteiger partial charge in [0.2, 0.25) is 0 Å². The number of thiocarbonyl (C=S) groups is 1. The number of nitrogens with zero attached hydrogens (tertiary/aromatic N) is 1. The summed E-state index contributed by atoms with van der Waals surface area (Å²) in [5.41, 5.74) is 0.568. The molecule has 0 atom stereocenters. The van der Waals surface area contributed by atoms with Crippen LogP contribution in [-0.2, 0) is 9.59 Å². The number of benzene rings is 1. The van der Waals surface area contributed by atoms with Gasteiger partial charge in [0.15, 0.2) is 5.11 Å². The Morgan fingerprint density at radius 1 is 1.29 bits per heavy atom. The summed E-state index contributed by atoms with van der Waals surface area (Å²) in [6.45, 7) is 3.77. The summed E-state index contributed by atoms with van der Waals surface area (Å²) in [4.78, 5) is 25.5. The smallest absolute Gasteiger partial charge is 0.265 e. The molecule has 1 fully saturated rings. The fourth-order valence-electron chi connectivity index (χ4n) is 1.76. The lowest BCUT2D eigenvalue weighted by Gasteiger charge is -2.27. The zero-order chi connectivity index (χ0) is 15.6. The number of hydrogen-bond donors (Lipinski definition) is 1. The molecule has 0 aromatic heterocycles. The lowest BCUT2D eigenvalue weighted by atomic mass is 10.1. The van der Waals surface area contributed by atoms with Gasteiger partial charge in [-0.1, -0.05) is 35.3 Å². The Morgan fingerprint density at radius 2 is 2.00 bits per heavy atom. The van der Waals surface area contributed by atoms with Crippen LogP contribution in [-0.4, -0.2) is 28.4 Å². The van der Waals surface area contributed by atoms with Gasteiger partial charge in [0, 0.05) is 6.54 Å². The Labute approximate surface area is 137 Å². The maximum absolute atomic E-state index is 12.3. The molecular formula is C14H10Cl2N2O2S. The van der Waals surface area contributed by atoms with Crippen LogP contribution in [0.3, 0.4) is 0 Å². The molecule has 2 amide bonds.